The molecule has 1 N–H and O–H groups in total. The Morgan fingerprint density at radius 2 is 1.54 bits per heavy atom. The smallest absolute Gasteiger partial charge is 0.408 e. The molecule has 0 fully saturated rings. The van der Waals surface area contributed by atoms with Crippen LogP contribution in [-0.2, 0) is 20.7 Å². The van der Waals surface area contributed by atoms with Gasteiger partial charge >= 0.3 is 12.1 Å². The number of benzene rings is 2. The topological polar surface area (TPSA) is 64.6 Å². The highest BCUT2D eigenvalue weighted by molar-refractivity contribution is 5.81. The molecule has 1 unspecified atom stereocenters. The first-order valence-corrected chi connectivity index (χ1v) is 9.32. The number of carbonyl (C=O) groups excluding carboxylic acids is 2. The Balaban J connectivity index is 2.14. The zero-order chi connectivity index (χ0) is 20.9. The zero-order valence-corrected chi connectivity index (χ0v) is 17.5. The van der Waals surface area contributed by atoms with E-state index in [0.29, 0.717) is 6.42 Å². The first kappa shape index (κ1) is 21.5. The van der Waals surface area contributed by atoms with Gasteiger partial charge in [0.1, 0.15) is 11.6 Å². The van der Waals surface area contributed by atoms with E-state index in [4.69, 9.17) is 9.47 Å². The van der Waals surface area contributed by atoms with Crippen molar-refractivity contribution in [1.29, 1.82) is 0 Å². The van der Waals surface area contributed by atoms with Gasteiger partial charge in [-0.3, -0.25) is 0 Å². The van der Waals surface area contributed by atoms with Gasteiger partial charge in [0.25, 0.3) is 0 Å². The predicted molar refractivity (Wildman–Crippen MR) is 110 cm³/mol. The quantitative estimate of drug-likeness (QED) is 0.768. The summed E-state index contributed by atoms with van der Waals surface area (Å²) in [5, 5.41) is 2.60. The number of nitrogens with one attached hydrogen (secondary N) is 1. The van der Waals surface area contributed by atoms with E-state index in [1.807, 2.05) is 24.3 Å². The molecule has 0 saturated heterocycles. The molecule has 0 radical (unpaired) electrons. The number of hydrogen-bond acceptors (Lipinski definition) is 4. The third-order valence-corrected chi connectivity index (χ3v) is 4.13. The highest BCUT2D eigenvalue weighted by atomic mass is 16.6. The van der Waals surface area contributed by atoms with E-state index in [9.17, 15) is 9.59 Å². The van der Waals surface area contributed by atoms with Crippen molar-refractivity contribution >= 4 is 12.1 Å². The molecule has 5 nitrogen and oxygen atoms in total. The van der Waals surface area contributed by atoms with Crippen LogP contribution in [0.2, 0.25) is 0 Å². The SMILES string of the molecule is COC(=O)C(Cc1ccc(-c2cc(C)cc(C)c2)cc1)NC(=O)OC(C)(C)C. The van der Waals surface area contributed by atoms with Crippen molar-refractivity contribution in [2.75, 3.05) is 7.11 Å². The number of aryl methyl sites for hydroxylation is 2. The number of hydrogen-bond donors (Lipinski definition) is 1. The van der Waals surface area contributed by atoms with Crippen LogP contribution in [0.15, 0.2) is 42.5 Å². The van der Waals surface area contributed by atoms with Gasteiger partial charge in [-0.05, 0) is 51.3 Å². The van der Waals surface area contributed by atoms with Crippen molar-refractivity contribution < 1.29 is 19.1 Å². The lowest BCUT2D eigenvalue weighted by Gasteiger charge is -2.22. The van der Waals surface area contributed by atoms with E-state index in [1.165, 1.54) is 18.2 Å². The van der Waals surface area contributed by atoms with Crippen LogP contribution in [0.25, 0.3) is 11.1 Å². The van der Waals surface area contributed by atoms with Gasteiger partial charge in [-0.15, -0.1) is 0 Å². The molecule has 2 aromatic rings. The number of carbonyl (C=O) groups is 2. The number of rotatable bonds is 5. The summed E-state index contributed by atoms with van der Waals surface area (Å²) in [5.74, 6) is -0.510. The number of esters is 1. The molecular weight excluding hydrogens is 354 g/mol. The summed E-state index contributed by atoms with van der Waals surface area (Å²) in [6.07, 6.45) is -0.325. The molecule has 2 rings (SSSR count). The minimum atomic E-state index is -0.813. The van der Waals surface area contributed by atoms with Crippen LogP contribution in [-0.4, -0.2) is 30.8 Å². The molecule has 0 aliphatic heterocycles. The normalized spacial score (nSPS) is 12.2. The maximum absolute atomic E-state index is 12.1. The molecule has 0 heterocycles. The summed E-state index contributed by atoms with van der Waals surface area (Å²) in [7, 11) is 1.30. The molecule has 0 aromatic heterocycles. The first-order chi connectivity index (χ1) is 13.1. The lowest BCUT2D eigenvalue weighted by Crippen LogP contribution is -2.45. The summed E-state index contributed by atoms with van der Waals surface area (Å²) >= 11 is 0. The fraction of sp³-hybridized carbons (Fsp3) is 0.391. The van der Waals surface area contributed by atoms with Gasteiger partial charge < -0.3 is 14.8 Å². The number of ether oxygens (including phenoxy) is 2. The highest BCUT2D eigenvalue weighted by Gasteiger charge is 2.25. The maximum Gasteiger partial charge on any atom is 0.408 e. The Kier molecular flexibility index (Phi) is 6.84. The molecule has 0 aliphatic carbocycles. The van der Waals surface area contributed by atoms with Crippen LogP contribution >= 0.6 is 0 Å². The molecule has 0 aliphatic rings. The molecule has 0 bridgehead atoms. The van der Waals surface area contributed by atoms with Crippen LogP contribution in [0.5, 0.6) is 0 Å². The van der Waals surface area contributed by atoms with E-state index in [0.717, 1.165) is 16.7 Å². The second kappa shape index (κ2) is 8.91. The lowest BCUT2D eigenvalue weighted by atomic mass is 9.98. The Bertz CT molecular complexity index is 814. The standard InChI is InChI=1S/C23H29NO4/c1-15-11-16(2)13-19(12-15)18-9-7-17(8-10-18)14-20(21(25)27-6)24-22(26)28-23(3,4)5/h7-13,20H,14H2,1-6H3,(H,24,26). The number of alkyl carbamates (subject to hydrolysis) is 1. The third-order valence-electron chi connectivity index (χ3n) is 4.13. The van der Waals surface area contributed by atoms with E-state index >= 15 is 0 Å². The van der Waals surface area contributed by atoms with Crippen molar-refractivity contribution in [2.45, 2.75) is 52.7 Å². The first-order valence-electron chi connectivity index (χ1n) is 9.32. The van der Waals surface area contributed by atoms with E-state index in [-0.39, 0.29) is 0 Å². The summed E-state index contributed by atoms with van der Waals surface area (Å²) in [5.41, 5.74) is 4.96. The van der Waals surface area contributed by atoms with Crippen molar-refractivity contribution in [3.63, 3.8) is 0 Å². The molecule has 5 heteroatoms. The van der Waals surface area contributed by atoms with Gasteiger partial charge in [-0.25, -0.2) is 9.59 Å². The van der Waals surface area contributed by atoms with Gasteiger partial charge in [0, 0.05) is 6.42 Å². The highest BCUT2D eigenvalue weighted by Crippen LogP contribution is 2.23. The number of methoxy groups -OCH3 is 1. The zero-order valence-electron chi connectivity index (χ0n) is 17.5. The van der Waals surface area contributed by atoms with Gasteiger partial charge in [0.15, 0.2) is 0 Å². The van der Waals surface area contributed by atoms with Gasteiger partial charge in [0.2, 0.25) is 0 Å². The van der Waals surface area contributed by atoms with Crippen molar-refractivity contribution in [2.24, 2.45) is 0 Å². The molecule has 2 aromatic carbocycles. The predicted octanol–water partition coefficient (Wildman–Crippen LogP) is 4.58. The molecule has 0 spiro atoms. The minimum absolute atomic E-state index is 0.318. The largest absolute Gasteiger partial charge is 0.467 e. The maximum atomic E-state index is 12.1. The Labute approximate surface area is 167 Å². The summed E-state index contributed by atoms with van der Waals surface area (Å²) in [4.78, 5) is 24.1. The minimum Gasteiger partial charge on any atom is -0.467 e. The second-order valence-corrected chi connectivity index (χ2v) is 8.00. The van der Waals surface area contributed by atoms with Crippen LogP contribution in [0.4, 0.5) is 4.79 Å². The molecule has 1 amide bonds. The van der Waals surface area contributed by atoms with E-state index < -0.39 is 23.7 Å². The van der Waals surface area contributed by atoms with Crippen molar-refractivity contribution in [3.05, 3.63) is 59.2 Å². The summed E-state index contributed by atoms with van der Waals surface area (Å²) < 4.78 is 10.1. The average molecular weight is 383 g/mol. The Morgan fingerprint density at radius 3 is 2.04 bits per heavy atom. The fourth-order valence-electron chi connectivity index (χ4n) is 3.00. The number of amides is 1. The van der Waals surface area contributed by atoms with E-state index in [1.54, 1.807) is 20.8 Å². The summed E-state index contributed by atoms with van der Waals surface area (Å²) in [6.45, 7) is 9.46. The Morgan fingerprint density at radius 1 is 0.964 bits per heavy atom. The van der Waals surface area contributed by atoms with Gasteiger partial charge in [0.05, 0.1) is 7.11 Å². The monoisotopic (exact) mass is 383 g/mol. The lowest BCUT2D eigenvalue weighted by molar-refractivity contribution is -0.143. The van der Waals surface area contributed by atoms with Crippen LogP contribution in [0.1, 0.15) is 37.5 Å². The van der Waals surface area contributed by atoms with E-state index in [2.05, 4.69) is 37.4 Å². The average Bonchev–Trinajstić information content (AvgIpc) is 2.58. The van der Waals surface area contributed by atoms with Crippen LogP contribution in [0, 0.1) is 13.8 Å². The van der Waals surface area contributed by atoms with Gasteiger partial charge in [-0.1, -0.05) is 53.6 Å². The molecule has 150 valence electrons. The van der Waals surface area contributed by atoms with Crippen molar-refractivity contribution in [1.82, 2.24) is 5.32 Å². The van der Waals surface area contributed by atoms with Crippen molar-refractivity contribution in [3.8, 4) is 11.1 Å². The molecule has 1 atom stereocenters. The van der Waals surface area contributed by atoms with Crippen LogP contribution in [0.3, 0.4) is 0 Å². The second-order valence-electron chi connectivity index (χ2n) is 8.00. The molecule has 0 saturated carbocycles. The van der Waals surface area contributed by atoms with Crippen LogP contribution < -0.4 is 5.32 Å². The Hall–Kier alpha value is -2.82. The molecule has 28 heavy (non-hydrogen) atoms. The summed E-state index contributed by atoms with van der Waals surface area (Å²) in [6, 6.07) is 13.6. The van der Waals surface area contributed by atoms with Gasteiger partial charge in [-0.2, -0.15) is 0 Å². The third kappa shape index (κ3) is 6.41. The molecular formula is C23H29NO4. The fourth-order valence-corrected chi connectivity index (χ4v) is 3.00.